The van der Waals surface area contributed by atoms with Crippen LogP contribution in [0.3, 0.4) is 0 Å². The standard InChI is InChI=1S/C20H18FN5O2/c1-12-10-18(19(28)25-17-9-4-3-8-16(17)21)26-20(22-12)24-15-7-5-6-14(11-15)23-13(2)27/h3-11H,1-2H3,(H,23,27)(H,25,28)(H,22,24,26). The number of nitrogens with one attached hydrogen (secondary N) is 3. The molecule has 0 aliphatic heterocycles. The molecule has 28 heavy (non-hydrogen) atoms. The van der Waals surface area contributed by atoms with Crippen molar-refractivity contribution >= 4 is 34.8 Å². The molecule has 0 radical (unpaired) electrons. The summed E-state index contributed by atoms with van der Waals surface area (Å²) in [6.45, 7) is 3.14. The Morgan fingerprint density at radius 2 is 1.68 bits per heavy atom. The quantitative estimate of drug-likeness (QED) is 0.625. The summed E-state index contributed by atoms with van der Waals surface area (Å²) in [6, 6.07) is 14.4. The van der Waals surface area contributed by atoms with Gasteiger partial charge in [0.1, 0.15) is 11.5 Å². The smallest absolute Gasteiger partial charge is 0.274 e. The van der Waals surface area contributed by atoms with E-state index < -0.39 is 11.7 Å². The van der Waals surface area contributed by atoms with E-state index in [1.165, 1.54) is 31.2 Å². The fraction of sp³-hybridized carbons (Fsp3) is 0.100. The fourth-order valence-electron chi connectivity index (χ4n) is 2.50. The first-order valence-electron chi connectivity index (χ1n) is 8.47. The number of carbonyl (C=O) groups is 2. The van der Waals surface area contributed by atoms with Gasteiger partial charge in [0.15, 0.2) is 0 Å². The SMILES string of the molecule is CC(=O)Nc1cccc(Nc2nc(C)cc(C(=O)Nc3ccccc3F)n2)c1. The van der Waals surface area contributed by atoms with E-state index in [1.807, 2.05) is 0 Å². The predicted molar refractivity (Wildman–Crippen MR) is 105 cm³/mol. The third kappa shape index (κ3) is 4.88. The molecule has 3 aromatic rings. The third-order valence-corrected chi connectivity index (χ3v) is 3.65. The molecule has 0 aliphatic rings. The number of aromatic nitrogens is 2. The van der Waals surface area contributed by atoms with Crippen LogP contribution in [0.25, 0.3) is 0 Å². The summed E-state index contributed by atoms with van der Waals surface area (Å²) in [7, 11) is 0. The molecule has 2 amide bonds. The number of amides is 2. The van der Waals surface area contributed by atoms with Crippen LogP contribution in [0.1, 0.15) is 23.1 Å². The Balaban J connectivity index is 1.81. The second-order valence-electron chi connectivity index (χ2n) is 6.04. The molecule has 0 bridgehead atoms. The minimum atomic E-state index is -0.550. The molecule has 0 spiro atoms. The molecule has 8 heteroatoms. The zero-order valence-electron chi connectivity index (χ0n) is 15.3. The van der Waals surface area contributed by atoms with Crippen molar-refractivity contribution in [3.05, 3.63) is 71.8 Å². The molecule has 142 valence electrons. The summed E-state index contributed by atoms with van der Waals surface area (Å²) >= 11 is 0. The number of hydrogen-bond donors (Lipinski definition) is 3. The van der Waals surface area contributed by atoms with Crippen molar-refractivity contribution in [2.45, 2.75) is 13.8 Å². The second-order valence-corrected chi connectivity index (χ2v) is 6.04. The number of nitrogens with zero attached hydrogens (tertiary/aromatic N) is 2. The van der Waals surface area contributed by atoms with Crippen molar-refractivity contribution in [2.75, 3.05) is 16.0 Å². The Morgan fingerprint density at radius 1 is 0.929 bits per heavy atom. The number of halogens is 1. The van der Waals surface area contributed by atoms with Crippen LogP contribution in [-0.2, 0) is 4.79 Å². The van der Waals surface area contributed by atoms with Gasteiger partial charge < -0.3 is 16.0 Å². The van der Waals surface area contributed by atoms with Crippen LogP contribution in [0.4, 0.5) is 27.4 Å². The molecular weight excluding hydrogens is 361 g/mol. The number of aryl methyl sites for hydroxylation is 1. The number of para-hydroxylation sites is 1. The van der Waals surface area contributed by atoms with Crippen LogP contribution < -0.4 is 16.0 Å². The molecular formula is C20H18FN5O2. The van der Waals surface area contributed by atoms with Crippen LogP contribution in [-0.4, -0.2) is 21.8 Å². The summed E-state index contributed by atoms with van der Waals surface area (Å²) < 4.78 is 13.8. The molecule has 0 fully saturated rings. The van der Waals surface area contributed by atoms with Crippen LogP contribution >= 0.6 is 0 Å². The van der Waals surface area contributed by atoms with Gasteiger partial charge in [-0.1, -0.05) is 18.2 Å². The van der Waals surface area contributed by atoms with Crippen LogP contribution in [0.2, 0.25) is 0 Å². The molecule has 0 aliphatic carbocycles. The van der Waals surface area contributed by atoms with E-state index in [1.54, 1.807) is 37.3 Å². The Morgan fingerprint density at radius 3 is 2.43 bits per heavy atom. The van der Waals surface area contributed by atoms with Gasteiger partial charge in [-0.3, -0.25) is 9.59 Å². The van der Waals surface area contributed by atoms with E-state index in [4.69, 9.17) is 0 Å². The molecule has 3 rings (SSSR count). The molecule has 1 aromatic heterocycles. The second kappa shape index (κ2) is 8.26. The number of benzene rings is 2. The van der Waals surface area contributed by atoms with E-state index >= 15 is 0 Å². The number of carbonyl (C=O) groups excluding carboxylic acids is 2. The molecule has 0 atom stereocenters. The largest absolute Gasteiger partial charge is 0.326 e. The fourth-order valence-corrected chi connectivity index (χ4v) is 2.50. The van der Waals surface area contributed by atoms with Gasteiger partial charge in [0.2, 0.25) is 11.9 Å². The number of anilines is 4. The highest BCUT2D eigenvalue weighted by molar-refractivity contribution is 6.03. The van der Waals surface area contributed by atoms with Gasteiger partial charge in [-0.15, -0.1) is 0 Å². The minimum Gasteiger partial charge on any atom is -0.326 e. The van der Waals surface area contributed by atoms with Crippen molar-refractivity contribution in [3.63, 3.8) is 0 Å². The topological polar surface area (TPSA) is 96.0 Å². The Bertz CT molecular complexity index is 1040. The van der Waals surface area contributed by atoms with Crippen LogP contribution in [0, 0.1) is 12.7 Å². The summed E-state index contributed by atoms with van der Waals surface area (Å²) in [4.78, 5) is 32.1. The first-order chi connectivity index (χ1) is 13.4. The van der Waals surface area contributed by atoms with Crippen LogP contribution in [0.5, 0.6) is 0 Å². The maximum absolute atomic E-state index is 13.8. The number of hydrogen-bond acceptors (Lipinski definition) is 5. The molecule has 2 aromatic carbocycles. The van der Waals surface area contributed by atoms with Gasteiger partial charge in [-0.25, -0.2) is 14.4 Å². The van der Waals surface area contributed by atoms with Crippen molar-refractivity contribution in [1.29, 1.82) is 0 Å². The average Bonchev–Trinajstić information content (AvgIpc) is 2.63. The summed E-state index contributed by atoms with van der Waals surface area (Å²) in [5.74, 6) is -1.06. The van der Waals surface area contributed by atoms with Crippen molar-refractivity contribution < 1.29 is 14.0 Å². The summed E-state index contributed by atoms with van der Waals surface area (Å²) in [5.41, 5.74) is 1.98. The zero-order chi connectivity index (χ0) is 20.1. The highest BCUT2D eigenvalue weighted by Crippen LogP contribution is 2.19. The highest BCUT2D eigenvalue weighted by Gasteiger charge is 2.13. The predicted octanol–water partition coefficient (Wildman–Crippen LogP) is 3.88. The van der Waals surface area contributed by atoms with Gasteiger partial charge in [-0.2, -0.15) is 0 Å². The van der Waals surface area contributed by atoms with Gasteiger partial charge in [0.05, 0.1) is 5.69 Å². The average molecular weight is 379 g/mol. The lowest BCUT2D eigenvalue weighted by Crippen LogP contribution is -2.16. The van der Waals surface area contributed by atoms with E-state index in [-0.39, 0.29) is 23.2 Å². The lowest BCUT2D eigenvalue weighted by molar-refractivity contribution is -0.114. The first kappa shape index (κ1) is 19.0. The lowest BCUT2D eigenvalue weighted by Gasteiger charge is -2.10. The summed E-state index contributed by atoms with van der Waals surface area (Å²) in [5, 5.41) is 8.18. The molecule has 1 heterocycles. The molecule has 3 N–H and O–H groups in total. The van der Waals surface area contributed by atoms with E-state index in [0.717, 1.165) is 0 Å². The normalized spacial score (nSPS) is 10.2. The van der Waals surface area contributed by atoms with Crippen molar-refractivity contribution in [1.82, 2.24) is 9.97 Å². The summed E-state index contributed by atoms with van der Waals surface area (Å²) in [6.07, 6.45) is 0. The zero-order valence-corrected chi connectivity index (χ0v) is 15.3. The van der Waals surface area contributed by atoms with Gasteiger partial charge in [0.25, 0.3) is 5.91 Å². The molecule has 0 saturated heterocycles. The maximum Gasteiger partial charge on any atom is 0.274 e. The lowest BCUT2D eigenvalue weighted by atomic mass is 10.2. The van der Waals surface area contributed by atoms with E-state index in [9.17, 15) is 14.0 Å². The molecule has 7 nitrogen and oxygen atoms in total. The van der Waals surface area contributed by atoms with Crippen molar-refractivity contribution in [3.8, 4) is 0 Å². The molecule has 0 unspecified atom stereocenters. The Labute approximate surface area is 161 Å². The monoisotopic (exact) mass is 379 g/mol. The van der Waals surface area contributed by atoms with Crippen LogP contribution in [0.15, 0.2) is 54.6 Å². The van der Waals surface area contributed by atoms with E-state index in [2.05, 4.69) is 25.9 Å². The highest BCUT2D eigenvalue weighted by atomic mass is 19.1. The Kier molecular flexibility index (Phi) is 5.59. The first-order valence-corrected chi connectivity index (χ1v) is 8.47. The van der Waals surface area contributed by atoms with E-state index in [0.29, 0.717) is 17.1 Å². The third-order valence-electron chi connectivity index (χ3n) is 3.65. The maximum atomic E-state index is 13.8. The van der Waals surface area contributed by atoms with Gasteiger partial charge in [-0.05, 0) is 43.3 Å². The Hall–Kier alpha value is -3.81. The minimum absolute atomic E-state index is 0.0706. The van der Waals surface area contributed by atoms with Gasteiger partial charge in [0, 0.05) is 24.0 Å². The number of rotatable bonds is 5. The van der Waals surface area contributed by atoms with Gasteiger partial charge >= 0.3 is 0 Å². The molecule has 0 saturated carbocycles. The van der Waals surface area contributed by atoms with Crippen molar-refractivity contribution in [2.24, 2.45) is 0 Å².